The van der Waals surface area contributed by atoms with E-state index < -0.39 is 0 Å². The number of rotatable bonds is 2. The van der Waals surface area contributed by atoms with Gasteiger partial charge in [0.1, 0.15) is 11.5 Å². The third-order valence-electron chi connectivity index (χ3n) is 3.24. The number of nitrogens with zero attached hydrogens (tertiary/aromatic N) is 2. The molecule has 1 aromatic carbocycles. The van der Waals surface area contributed by atoms with E-state index in [0.717, 1.165) is 36.5 Å². The summed E-state index contributed by atoms with van der Waals surface area (Å²) in [6.07, 6.45) is 5.02. The van der Waals surface area contributed by atoms with E-state index in [0.29, 0.717) is 0 Å². The molecule has 1 aliphatic heterocycles. The molecule has 17 heavy (non-hydrogen) atoms. The van der Waals surface area contributed by atoms with E-state index in [1.165, 1.54) is 6.42 Å². The van der Waals surface area contributed by atoms with Gasteiger partial charge in [-0.3, -0.25) is 4.79 Å². The first-order valence-electron chi connectivity index (χ1n) is 6.00. The number of carbonyl (C=O) groups excluding carboxylic acids is 1. The fraction of sp³-hybridized carbons (Fsp3) is 0.286. The molecule has 0 amide bonds. The van der Waals surface area contributed by atoms with Crippen LogP contribution in [-0.2, 0) is 13.0 Å². The van der Waals surface area contributed by atoms with E-state index in [1.54, 1.807) is 6.20 Å². The van der Waals surface area contributed by atoms with E-state index in [2.05, 4.69) is 9.55 Å². The maximum absolute atomic E-state index is 12.3. The predicted molar refractivity (Wildman–Crippen MR) is 65.0 cm³/mol. The molecule has 0 unspecified atom stereocenters. The first kappa shape index (κ1) is 10.3. The maximum atomic E-state index is 12.3. The summed E-state index contributed by atoms with van der Waals surface area (Å²) in [5.74, 6) is 1.13. The summed E-state index contributed by atoms with van der Waals surface area (Å²) < 4.78 is 2.07. The van der Waals surface area contributed by atoms with Gasteiger partial charge in [0.25, 0.3) is 0 Å². The smallest absolute Gasteiger partial charge is 0.211 e. The fourth-order valence-corrected chi connectivity index (χ4v) is 2.33. The summed E-state index contributed by atoms with van der Waals surface area (Å²) in [6.45, 7) is 0.920. The van der Waals surface area contributed by atoms with E-state index in [4.69, 9.17) is 0 Å². The SMILES string of the molecule is O=C(c1ccccc1)c1cnc2n1CCCC2. The summed E-state index contributed by atoms with van der Waals surface area (Å²) in [4.78, 5) is 16.7. The van der Waals surface area contributed by atoms with Crippen molar-refractivity contribution in [2.24, 2.45) is 0 Å². The van der Waals surface area contributed by atoms with Crippen LogP contribution in [0.4, 0.5) is 0 Å². The minimum atomic E-state index is 0.0752. The fourth-order valence-electron chi connectivity index (χ4n) is 2.33. The zero-order valence-electron chi connectivity index (χ0n) is 9.60. The van der Waals surface area contributed by atoms with Crippen molar-refractivity contribution in [2.45, 2.75) is 25.8 Å². The lowest BCUT2D eigenvalue weighted by Gasteiger charge is -2.15. The largest absolute Gasteiger partial charge is 0.325 e. The molecular formula is C14H14N2O. The molecule has 3 rings (SSSR count). The van der Waals surface area contributed by atoms with Crippen LogP contribution in [0.2, 0.25) is 0 Å². The quantitative estimate of drug-likeness (QED) is 0.737. The highest BCUT2D eigenvalue weighted by molar-refractivity contribution is 6.07. The van der Waals surface area contributed by atoms with Crippen LogP contribution < -0.4 is 0 Å². The number of benzene rings is 1. The van der Waals surface area contributed by atoms with Gasteiger partial charge in [-0.25, -0.2) is 4.98 Å². The number of aromatic nitrogens is 2. The van der Waals surface area contributed by atoms with Gasteiger partial charge in [-0.2, -0.15) is 0 Å². The monoisotopic (exact) mass is 226 g/mol. The van der Waals surface area contributed by atoms with Gasteiger partial charge in [0, 0.05) is 18.5 Å². The Labute approximate surface area is 100 Å². The molecular weight excluding hydrogens is 212 g/mol. The summed E-state index contributed by atoms with van der Waals surface area (Å²) >= 11 is 0. The van der Waals surface area contributed by atoms with Crippen LogP contribution in [0.5, 0.6) is 0 Å². The van der Waals surface area contributed by atoms with Crippen LogP contribution in [0.1, 0.15) is 34.7 Å². The maximum Gasteiger partial charge on any atom is 0.211 e. The lowest BCUT2D eigenvalue weighted by molar-refractivity contribution is 0.102. The van der Waals surface area contributed by atoms with Crippen molar-refractivity contribution in [1.82, 2.24) is 9.55 Å². The third kappa shape index (κ3) is 1.78. The summed E-state index contributed by atoms with van der Waals surface area (Å²) in [6, 6.07) is 9.40. The molecule has 86 valence electrons. The molecule has 0 bridgehead atoms. The number of imidazole rings is 1. The Kier molecular flexibility index (Phi) is 2.52. The first-order chi connectivity index (χ1) is 8.36. The van der Waals surface area contributed by atoms with Gasteiger partial charge < -0.3 is 4.57 Å². The molecule has 2 heterocycles. The first-order valence-corrected chi connectivity index (χ1v) is 6.00. The molecule has 2 aromatic rings. The van der Waals surface area contributed by atoms with Crippen LogP contribution in [0.3, 0.4) is 0 Å². The molecule has 3 heteroatoms. The molecule has 0 aliphatic carbocycles. The van der Waals surface area contributed by atoms with Crippen LogP contribution in [0.15, 0.2) is 36.5 Å². The van der Waals surface area contributed by atoms with E-state index in [9.17, 15) is 4.79 Å². The molecule has 0 saturated carbocycles. The van der Waals surface area contributed by atoms with Gasteiger partial charge in [0.15, 0.2) is 0 Å². The van der Waals surface area contributed by atoms with Crippen LogP contribution in [-0.4, -0.2) is 15.3 Å². The Bertz CT molecular complexity index is 543. The van der Waals surface area contributed by atoms with Crippen molar-refractivity contribution >= 4 is 5.78 Å². The van der Waals surface area contributed by atoms with Gasteiger partial charge in [-0.05, 0) is 12.8 Å². The third-order valence-corrected chi connectivity index (χ3v) is 3.24. The Morgan fingerprint density at radius 1 is 1.18 bits per heavy atom. The minimum Gasteiger partial charge on any atom is -0.325 e. The Morgan fingerprint density at radius 3 is 2.82 bits per heavy atom. The molecule has 0 atom stereocenters. The van der Waals surface area contributed by atoms with Crippen LogP contribution >= 0.6 is 0 Å². The Hall–Kier alpha value is -1.90. The Morgan fingerprint density at radius 2 is 2.00 bits per heavy atom. The highest BCUT2D eigenvalue weighted by atomic mass is 16.1. The average molecular weight is 226 g/mol. The molecule has 0 spiro atoms. The topological polar surface area (TPSA) is 34.9 Å². The second-order valence-electron chi connectivity index (χ2n) is 4.36. The highest BCUT2D eigenvalue weighted by Gasteiger charge is 2.19. The lowest BCUT2D eigenvalue weighted by Crippen LogP contribution is -2.16. The minimum absolute atomic E-state index is 0.0752. The van der Waals surface area contributed by atoms with E-state index in [1.807, 2.05) is 30.3 Å². The van der Waals surface area contributed by atoms with Crippen molar-refractivity contribution in [3.63, 3.8) is 0 Å². The molecule has 1 aromatic heterocycles. The zero-order chi connectivity index (χ0) is 11.7. The van der Waals surface area contributed by atoms with Gasteiger partial charge in [0.05, 0.1) is 6.20 Å². The van der Waals surface area contributed by atoms with E-state index in [-0.39, 0.29) is 5.78 Å². The van der Waals surface area contributed by atoms with Gasteiger partial charge in [0.2, 0.25) is 5.78 Å². The molecule has 0 saturated heterocycles. The zero-order valence-corrected chi connectivity index (χ0v) is 9.60. The van der Waals surface area contributed by atoms with Crippen molar-refractivity contribution in [2.75, 3.05) is 0 Å². The number of hydrogen-bond donors (Lipinski definition) is 0. The Balaban J connectivity index is 2.00. The standard InChI is InChI=1S/C14H14N2O/c17-14(11-6-2-1-3-7-11)12-10-15-13-8-4-5-9-16(12)13/h1-3,6-7,10H,4-5,8-9H2. The van der Waals surface area contributed by atoms with Crippen molar-refractivity contribution in [3.05, 3.63) is 53.6 Å². The number of hydrogen-bond acceptors (Lipinski definition) is 2. The van der Waals surface area contributed by atoms with Crippen molar-refractivity contribution < 1.29 is 4.79 Å². The van der Waals surface area contributed by atoms with Crippen LogP contribution in [0.25, 0.3) is 0 Å². The second kappa shape index (κ2) is 4.17. The predicted octanol–water partition coefficient (Wildman–Crippen LogP) is 2.45. The van der Waals surface area contributed by atoms with Crippen LogP contribution in [0, 0.1) is 0 Å². The van der Waals surface area contributed by atoms with E-state index >= 15 is 0 Å². The van der Waals surface area contributed by atoms with Crippen molar-refractivity contribution in [1.29, 1.82) is 0 Å². The summed E-state index contributed by atoms with van der Waals surface area (Å²) in [5, 5.41) is 0. The number of ketones is 1. The highest BCUT2D eigenvalue weighted by Crippen LogP contribution is 2.18. The average Bonchev–Trinajstić information content (AvgIpc) is 2.83. The van der Waals surface area contributed by atoms with Gasteiger partial charge in [-0.1, -0.05) is 30.3 Å². The molecule has 1 aliphatic rings. The van der Waals surface area contributed by atoms with Gasteiger partial charge in [-0.15, -0.1) is 0 Å². The molecule has 0 fully saturated rings. The number of fused-ring (bicyclic) bond motifs is 1. The molecule has 0 radical (unpaired) electrons. The molecule has 0 N–H and O–H groups in total. The number of carbonyl (C=O) groups is 1. The normalized spacial score (nSPS) is 14.4. The van der Waals surface area contributed by atoms with Gasteiger partial charge >= 0.3 is 0 Å². The second-order valence-corrected chi connectivity index (χ2v) is 4.36. The summed E-state index contributed by atoms with van der Waals surface area (Å²) in [5.41, 5.74) is 1.46. The van der Waals surface area contributed by atoms with Crippen molar-refractivity contribution in [3.8, 4) is 0 Å². The molecule has 3 nitrogen and oxygen atoms in total. The number of aryl methyl sites for hydroxylation is 1. The lowest BCUT2D eigenvalue weighted by atomic mass is 10.1. The summed E-state index contributed by atoms with van der Waals surface area (Å²) in [7, 11) is 0.